The van der Waals surface area contributed by atoms with Gasteiger partial charge in [0.15, 0.2) is 0 Å². The summed E-state index contributed by atoms with van der Waals surface area (Å²) >= 11 is 0. The number of carboxylic acids is 1. The quantitative estimate of drug-likeness (QED) is 0.0640. The van der Waals surface area contributed by atoms with Crippen LogP contribution in [-0.4, -0.2) is 86.8 Å². The second kappa shape index (κ2) is 22.7. The lowest BCUT2D eigenvalue weighted by atomic mass is 9.87. The van der Waals surface area contributed by atoms with Gasteiger partial charge in [0, 0.05) is 29.5 Å². The number of carbonyl (C=O) groups is 3. The van der Waals surface area contributed by atoms with Crippen molar-refractivity contribution < 1.29 is 43.2 Å². The lowest BCUT2D eigenvalue weighted by Crippen LogP contribution is -2.31. The van der Waals surface area contributed by atoms with E-state index in [9.17, 15) is 14.4 Å². The SMILES string of the molecule is O=C(O)CCOCCOCCOCCOCCCc1cccc(C(=O)Nc2ccc(OC3CCCC3)cc2-c2cc(C(=O)N[C@H]3CCCc4ccccc43)ccn2)c1. The summed E-state index contributed by atoms with van der Waals surface area (Å²) in [5.41, 5.74) is 6.32. The number of anilines is 1. The van der Waals surface area contributed by atoms with Crippen molar-refractivity contribution in [1.29, 1.82) is 0 Å². The lowest BCUT2D eigenvalue weighted by Gasteiger charge is -2.26. The van der Waals surface area contributed by atoms with Crippen molar-refractivity contribution in [2.75, 3.05) is 58.2 Å². The summed E-state index contributed by atoms with van der Waals surface area (Å²) in [5, 5.41) is 15.0. The van der Waals surface area contributed by atoms with Crippen molar-refractivity contribution in [2.24, 2.45) is 0 Å². The molecule has 0 unspecified atom stereocenters. The Labute approximate surface area is 340 Å². The van der Waals surface area contributed by atoms with Gasteiger partial charge in [-0.1, -0.05) is 36.4 Å². The number of hydrogen-bond acceptors (Lipinski definition) is 9. The van der Waals surface area contributed by atoms with Gasteiger partial charge in [-0.3, -0.25) is 19.4 Å². The fourth-order valence-corrected chi connectivity index (χ4v) is 7.34. The Morgan fingerprint density at radius 3 is 2.21 bits per heavy atom. The number of carboxylic acid groups (broad SMARTS) is 1. The molecule has 6 rings (SSSR count). The normalized spacial score (nSPS) is 15.1. The van der Waals surface area contributed by atoms with Crippen LogP contribution in [0.3, 0.4) is 0 Å². The molecule has 0 bridgehead atoms. The predicted octanol–water partition coefficient (Wildman–Crippen LogP) is 7.60. The van der Waals surface area contributed by atoms with Crippen LogP contribution in [0.2, 0.25) is 0 Å². The molecule has 3 N–H and O–H groups in total. The van der Waals surface area contributed by atoms with E-state index in [0.717, 1.165) is 63.4 Å². The first-order valence-corrected chi connectivity index (χ1v) is 20.5. The van der Waals surface area contributed by atoms with Crippen LogP contribution < -0.4 is 15.4 Å². The third-order valence-electron chi connectivity index (χ3n) is 10.3. The number of benzene rings is 3. The fourth-order valence-electron chi connectivity index (χ4n) is 7.34. The summed E-state index contributed by atoms with van der Waals surface area (Å²) in [7, 11) is 0. The minimum Gasteiger partial charge on any atom is -0.490 e. The maximum Gasteiger partial charge on any atom is 0.305 e. The van der Waals surface area contributed by atoms with E-state index >= 15 is 0 Å². The highest BCUT2D eigenvalue weighted by molar-refractivity contribution is 6.06. The molecule has 3 aromatic carbocycles. The van der Waals surface area contributed by atoms with Crippen LogP contribution in [0.25, 0.3) is 11.3 Å². The van der Waals surface area contributed by atoms with Crippen molar-refractivity contribution in [2.45, 2.75) is 76.4 Å². The minimum atomic E-state index is -0.883. The van der Waals surface area contributed by atoms with Crippen LogP contribution in [0.15, 0.2) is 85.1 Å². The molecule has 2 aliphatic carbocycles. The smallest absolute Gasteiger partial charge is 0.305 e. The standard InChI is InChI=1S/C46H55N3O9/c50-44(51)20-23-55-25-27-57-29-28-56-26-24-54-22-7-9-33-8-5-12-35(30-33)45(52)49-42-18-17-38(58-37-13-2-3-14-37)32-40(42)43-31-36(19-21-47-43)46(53)48-41-16-6-11-34-10-1-4-15-39(34)41/h1,4-5,8,10,12,15,17-19,21,30-32,37,41H,2-3,6-7,9,11,13-14,16,20,22-29H2,(H,48,53)(H,49,52)(H,50,51)/t41-/m0/s1. The van der Waals surface area contributed by atoms with Gasteiger partial charge in [0.05, 0.1) is 76.2 Å². The van der Waals surface area contributed by atoms with E-state index in [0.29, 0.717) is 80.1 Å². The van der Waals surface area contributed by atoms with Gasteiger partial charge in [-0.2, -0.15) is 0 Å². The third-order valence-corrected chi connectivity index (χ3v) is 10.3. The number of nitrogens with one attached hydrogen (secondary N) is 2. The molecule has 1 aromatic heterocycles. The average Bonchev–Trinajstić information content (AvgIpc) is 3.76. The highest BCUT2D eigenvalue weighted by Crippen LogP contribution is 2.34. The molecule has 2 aliphatic rings. The number of amides is 2. The van der Waals surface area contributed by atoms with Crippen LogP contribution in [0.5, 0.6) is 5.75 Å². The van der Waals surface area contributed by atoms with E-state index in [1.807, 2.05) is 48.5 Å². The average molecular weight is 794 g/mol. The predicted molar refractivity (Wildman–Crippen MR) is 220 cm³/mol. The molecule has 4 aromatic rings. The molecule has 12 heteroatoms. The van der Waals surface area contributed by atoms with Gasteiger partial charge in [0.25, 0.3) is 11.8 Å². The van der Waals surface area contributed by atoms with E-state index in [2.05, 4.69) is 27.8 Å². The molecule has 0 saturated heterocycles. The molecule has 0 radical (unpaired) electrons. The van der Waals surface area contributed by atoms with E-state index in [-0.39, 0.29) is 37.0 Å². The third kappa shape index (κ3) is 13.2. The van der Waals surface area contributed by atoms with Crippen LogP contribution in [-0.2, 0) is 36.6 Å². The number of fused-ring (bicyclic) bond motifs is 1. The Morgan fingerprint density at radius 1 is 0.707 bits per heavy atom. The second-order valence-electron chi connectivity index (χ2n) is 14.6. The van der Waals surface area contributed by atoms with Gasteiger partial charge >= 0.3 is 5.97 Å². The molecule has 0 aliphatic heterocycles. The Hall–Kier alpha value is -5.14. The summed E-state index contributed by atoms with van der Waals surface area (Å²) in [6.07, 6.45) is 10.5. The number of ether oxygens (including phenoxy) is 5. The van der Waals surface area contributed by atoms with Gasteiger partial charge in [-0.25, -0.2) is 0 Å². The molecule has 1 saturated carbocycles. The Bertz CT molecular complexity index is 1950. The Balaban J connectivity index is 1.01. The number of aryl methyl sites for hydroxylation is 2. The van der Waals surface area contributed by atoms with Crippen molar-refractivity contribution in [3.05, 3.63) is 113 Å². The molecular weight excluding hydrogens is 739 g/mol. The summed E-state index contributed by atoms with van der Waals surface area (Å²) in [6, 6.07) is 25.0. The van der Waals surface area contributed by atoms with Gasteiger partial charge in [-0.05, 0) is 117 Å². The molecule has 58 heavy (non-hydrogen) atoms. The van der Waals surface area contributed by atoms with E-state index in [1.165, 1.54) is 11.1 Å². The molecule has 1 atom stereocenters. The molecular formula is C46H55N3O9. The number of rotatable bonds is 23. The van der Waals surface area contributed by atoms with Crippen molar-refractivity contribution in [3.63, 3.8) is 0 Å². The van der Waals surface area contributed by atoms with E-state index in [4.69, 9.17) is 28.8 Å². The first-order chi connectivity index (χ1) is 28.4. The summed E-state index contributed by atoms with van der Waals surface area (Å²) in [6.45, 7) is 3.24. The summed E-state index contributed by atoms with van der Waals surface area (Å²) in [4.78, 5) is 42.5. The topological polar surface area (TPSA) is 155 Å². The van der Waals surface area contributed by atoms with Gasteiger partial charge in [-0.15, -0.1) is 0 Å². The van der Waals surface area contributed by atoms with Crippen LogP contribution in [0.1, 0.15) is 94.8 Å². The zero-order valence-electron chi connectivity index (χ0n) is 33.1. The van der Waals surface area contributed by atoms with Gasteiger partial charge < -0.3 is 39.4 Å². The maximum absolute atomic E-state index is 13.7. The van der Waals surface area contributed by atoms with Crippen molar-refractivity contribution >= 4 is 23.5 Å². The molecule has 1 fully saturated rings. The number of carbonyl (C=O) groups excluding carboxylic acids is 2. The van der Waals surface area contributed by atoms with E-state index in [1.54, 1.807) is 24.4 Å². The second-order valence-corrected chi connectivity index (χ2v) is 14.6. The van der Waals surface area contributed by atoms with Crippen molar-refractivity contribution in [3.8, 4) is 17.0 Å². The number of hydrogen-bond donors (Lipinski definition) is 3. The molecule has 0 spiro atoms. The minimum absolute atomic E-state index is 0.0173. The number of pyridine rings is 1. The van der Waals surface area contributed by atoms with Crippen LogP contribution in [0.4, 0.5) is 5.69 Å². The van der Waals surface area contributed by atoms with Gasteiger partial charge in [0.2, 0.25) is 0 Å². The van der Waals surface area contributed by atoms with E-state index < -0.39 is 5.97 Å². The Kier molecular flexibility index (Phi) is 16.6. The molecule has 2 amide bonds. The van der Waals surface area contributed by atoms with Crippen LogP contribution >= 0.6 is 0 Å². The molecule has 1 heterocycles. The highest BCUT2D eigenvalue weighted by atomic mass is 16.6. The maximum atomic E-state index is 13.7. The number of aromatic nitrogens is 1. The summed E-state index contributed by atoms with van der Waals surface area (Å²) in [5.74, 6) is -0.595. The highest BCUT2D eigenvalue weighted by Gasteiger charge is 2.23. The monoisotopic (exact) mass is 793 g/mol. The summed E-state index contributed by atoms with van der Waals surface area (Å²) < 4.78 is 28.2. The van der Waals surface area contributed by atoms with Gasteiger partial charge in [0.1, 0.15) is 5.75 Å². The van der Waals surface area contributed by atoms with Crippen molar-refractivity contribution in [1.82, 2.24) is 10.3 Å². The number of nitrogens with zero attached hydrogens (tertiary/aromatic N) is 1. The zero-order chi connectivity index (χ0) is 40.4. The fraction of sp³-hybridized carbons (Fsp3) is 0.435. The first kappa shape index (κ1) is 42.5. The lowest BCUT2D eigenvalue weighted by molar-refractivity contribution is -0.138. The largest absolute Gasteiger partial charge is 0.490 e. The first-order valence-electron chi connectivity index (χ1n) is 20.5. The van der Waals surface area contributed by atoms with Crippen LogP contribution in [0, 0.1) is 0 Å². The zero-order valence-corrected chi connectivity index (χ0v) is 33.1. The Morgan fingerprint density at radius 2 is 1.43 bits per heavy atom. The molecule has 12 nitrogen and oxygen atoms in total. The molecule has 308 valence electrons. The number of aliphatic carboxylic acids is 1.